The molecule has 17 heavy (non-hydrogen) atoms. The van der Waals surface area contributed by atoms with Gasteiger partial charge in [0, 0.05) is 6.20 Å². The number of aromatic amines is 1. The highest BCUT2D eigenvalue weighted by atomic mass is 14.8. The molecule has 0 fully saturated rings. The predicted molar refractivity (Wildman–Crippen MR) is 72.0 cm³/mol. The Morgan fingerprint density at radius 3 is 2.59 bits per heavy atom. The van der Waals surface area contributed by atoms with E-state index in [1.807, 2.05) is 42.7 Å². The summed E-state index contributed by atoms with van der Waals surface area (Å²) in [5.41, 5.74) is 1.98. The summed E-state index contributed by atoms with van der Waals surface area (Å²) in [5, 5.41) is 2.46. The van der Waals surface area contributed by atoms with Gasteiger partial charge in [-0.05, 0) is 35.0 Å². The Kier molecular flexibility index (Phi) is 2.47. The topological polar surface area (TPSA) is 28.1 Å². The molecule has 2 nitrogen and oxygen atoms in total. The fourth-order valence-electron chi connectivity index (χ4n) is 1.83. The van der Waals surface area contributed by atoms with Crippen LogP contribution in [0.3, 0.4) is 0 Å². The van der Waals surface area contributed by atoms with Crippen LogP contribution >= 0.6 is 0 Å². The summed E-state index contributed by atoms with van der Waals surface area (Å²) in [6.45, 7) is 0. The van der Waals surface area contributed by atoms with Gasteiger partial charge in [0.1, 0.15) is 0 Å². The molecule has 0 aliphatic heterocycles. The van der Waals surface area contributed by atoms with Gasteiger partial charge in [-0.1, -0.05) is 30.3 Å². The van der Waals surface area contributed by atoms with E-state index in [0.717, 1.165) is 11.4 Å². The lowest BCUT2D eigenvalue weighted by molar-refractivity contribution is 1.38. The molecule has 0 radical (unpaired) electrons. The van der Waals surface area contributed by atoms with Crippen molar-refractivity contribution in [2.24, 2.45) is 4.99 Å². The molecule has 2 heteroatoms. The first kappa shape index (κ1) is 9.85. The number of benzene rings is 2. The first-order valence-corrected chi connectivity index (χ1v) is 5.58. The van der Waals surface area contributed by atoms with Crippen LogP contribution in [0.1, 0.15) is 5.69 Å². The normalized spacial score (nSPS) is 11.3. The van der Waals surface area contributed by atoms with E-state index in [1.165, 1.54) is 10.8 Å². The van der Waals surface area contributed by atoms with E-state index >= 15 is 0 Å². The largest absolute Gasteiger partial charge is 0.360 e. The maximum absolute atomic E-state index is 4.44. The summed E-state index contributed by atoms with van der Waals surface area (Å²) in [6.07, 6.45) is 3.73. The quantitative estimate of drug-likeness (QED) is 0.634. The molecule has 3 aromatic rings. The van der Waals surface area contributed by atoms with Gasteiger partial charge in [-0.15, -0.1) is 0 Å². The second-order valence-corrected chi connectivity index (χ2v) is 3.92. The molecule has 0 amide bonds. The molecule has 0 spiro atoms. The van der Waals surface area contributed by atoms with Crippen molar-refractivity contribution in [1.82, 2.24) is 4.98 Å². The van der Waals surface area contributed by atoms with E-state index in [0.29, 0.717) is 0 Å². The predicted octanol–water partition coefficient (Wildman–Crippen LogP) is 3.92. The zero-order valence-corrected chi connectivity index (χ0v) is 9.30. The Bertz CT molecular complexity index is 652. The molecule has 0 atom stereocenters. The molecule has 0 bridgehead atoms. The van der Waals surface area contributed by atoms with Crippen LogP contribution < -0.4 is 0 Å². The van der Waals surface area contributed by atoms with Crippen LogP contribution in [0, 0.1) is 0 Å². The van der Waals surface area contributed by atoms with Crippen molar-refractivity contribution < 1.29 is 0 Å². The number of hydrogen-bond donors (Lipinski definition) is 1. The number of H-pyrrole nitrogens is 1. The van der Waals surface area contributed by atoms with Gasteiger partial charge in [-0.25, -0.2) is 0 Å². The lowest BCUT2D eigenvalue weighted by Crippen LogP contribution is -1.78. The number of nitrogens with one attached hydrogen (secondary N) is 1. The van der Waals surface area contributed by atoms with E-state index in [9.17, 15) is 0 Å². The number of nitrogens with zero attached hydrogens (tertiary/aromatic N) is 1. The molecule has 0 saturated carbocycles. The van der Waals surface area contributed by atoms with Crippen molar-refractivity contribution in [1.29, 1.82) is 0 Å². The van der Waals surface area contributed by atoms with Crippen molar-refractivity contribution in [3.63, 3.8) is 0 Å². The Balaban J connectivity index is 1.96. The monoisotopic (exact) mass is 220 g/mol. The number of aromatic nitrogens is 1. The van der Waals surface area contributed by atoms with Gasteiger partial charge in [0.2, 0.25) is 0 Å². The molecule has 3 rings (SSSR count). The van der Waals surface area contributed by atoms with Crippen LogP contribution in [0.15, 0.2) is 65.8 Å². The fraction of sp³-hybridized carbons (Fsp3) is 0. The van der Waals surface area contributed by atoms with Gasteiger partial charge >= 0.3 is 0 Å². The molecule has 82 valence electrons. The first-order chi connectivity index (χ1) is 8.42. The zero-order chi connectivity index (χ0) is 11.5. The standard InChI is InChI=1S/C15H12N2/c1-2-5-13-10-14(8-7-12(13)4-1)17-11-15-6-3-9-16-15/h1-11,16H. The third-order valence-corrected chi connectivity index (χ3v) is 2.71. The number of hydrogen-bond acceptors (Lipinski definition) is 1. The molecular formula is C15H12N2. The molecule has 0 unspecified atom stereocenters. The highest BCUT2D eigenvalue weighted by Crippen LogP contribution is 2.20. The van der Waals surface area contributed by atoms with Crippen molar-refractivity contribution in [3.05, 3.63) is 66.5 Å². The smallest absolute Gasteiger partial charge is 0.0636 e. The Labute approximate surface area is 99.6 Å². The minimum Gasteiger partial charge on any atom is -0.360 e. The molecule has 1 heterocycles. The maximum atomic E-state index is 4.44. The van der Waals surface area contributed by atoms with Gasteiger partial charge < -0.3 is 4.98 Å². The lowest BCUT2D eigenvalue weighted by atomic mass is 10.1. The van der Waals surface area contributed by atoms with Crippen molar-refractivity contribution in [3.8, 4) is 0 Å². The number of rotatable bonds is 2. The van der Waals surface area contributed by atoms with E-state index in [2.05, 4.69) is 34.2 Å². The van der Waals surface area contributed by atoms with Gasteiger partial charge in [-0.3, -0.25) is 4.99 Å². The minimum atomic E-state index is 0.971. The molecule has 1 aromatic heterocycles. The zero-order valence-electron chi connectivity index (χ0n) is 9.30. The summed E-state index contributed by atoms with van der Waals surface area (Å²) < 4.78 is 0. The van der Waals surface area contributed by atoms with E-state index in [-0.39, 0.29) is 0 Å². The average molecular weight is 220 g/mol. The summed E-state index contributed by atoms with van der Waals surface area (Å²) in [6, 6.07) is 18.5. The van der Waals surface area contributed by atoms with Crippen LogP contribution in [0.25, 0.3) is 10.8 Å². The van der Waals surface area contributed by atoms with Crippen LogP contribution in [0.5, 0.6) is 0 Å². The fourth-order valence-corrected chi connectivity index (χ4v) is 1.83. The molecule has 1 N–H and O–H groups in total. The highest BCUT2D eigenvalue weighted by Gasteiger charge is 1.93. The third kappa shape index (κ3) is 2.11. The average Bonchev–Trinajstić information content (AvgIpc) is 2.89. The van der Waals surface area contributed by atoms with Crippen LogP contribution in [-0.2, 0) is 0 Å². The number of fused-ring (bicyclic) bond motifs is 1. The van der Waals surface area contributed by atoms with Crippen molar-refractivity contribution >= 4 is 22.7 Å². The maximum Gasteiger partial charge on any atom is 0.0636 e. The number of aliphatic imine (C=N–C) groups is 1. The van der Waals surface area contributed by atoms with Gasteiger partial charge in [0.25, 0.3) is 0 Å². The second kappa shape index (κ2) is 4.26. The first-order valence-electron chi connectivity index (χ1n) is 5.58. The highest BCUT2D eigenvalue weighted by molar-refractivity contribution is 5.87. The lowest BCUT2D eigenvalue weighted by Gasteiger charge is -1.98. The second-order valence-electron chi connectivity index (χ2n) is 3.92. The molecule has 0 aliphatic carbocycles. The van der Waals surface area contributed by atoms with Gasteiger partial charge in [-0.2, -0.15) is 0 Å². The van der Waals surface area contributed by atoms with Crippen LogP contribution in [0.2, 0.25) is 0 Å². The Morgan fingerprint density at radius 1 is 0.882 bits per heavy atom. The summed E-state index contributed by atoms with van der Waals surface area (Å²) in [7, 11) is 0. The van der Waals surface area contributed by atoms with Gasteiger partial charge in [0.15, 0.2) is 0 Å². The Morgan fingerprint density at radius 2 is 1.76 bits per heavy atom. The SMILES string of the molecule is C(=Nc1ccc2ccccc2c1)c1ccc[nH]1. The van der Waals surface area contributed by atoms with E-state index in [1.54, 1.807) is 0 Å². The third-order valence-electron chi connectivity index (χ3n) is 2.71. The Hall–Kier alpha value is -2.35. The van der Waals surface area contributed by atoms with Crippen molar-refractivity contribution in [2.45, 2.75) is 0 Å². The molecule has 2 aromatic carbocycles. The summed E-state index contributed by atoms with van der Waals surface area (Å²) in [5.74, 6) is 0. The minimum absolute atomic E-state index is 0.971. The van der Waals surface area contributed by atoms with Crippen LogP contribution in [0.4, 0.5) is 5.69 Å². The molecule has 0 saturated heterocycles. The van der Waals surface area contributed by atoms with Gasteiger partial charge in [0.05, 0.1) is 17.6 Å². The van der Waals surface area contributed by atoms with Crippen LogP contribution in [-0.4, -0.2) is 11.2 Å². The summed E-state index contributed by atoms with van der Waals surface area (Å²) in [4.78, 5) is 7.54. The van der Waals surface area contributed by atoms with Crippen molar-refractivity contribution in [2.75, 3.05) is 0 Å². The van der Waals surface area contributed by atoms with E-state index < -0.39 is 0 Å². The summed E-state index contributed by atoms with van der Waals surface area (Å²) >= 11 is 0. The molecule has 0 aliphatic rings. The molecular weight excluding hydrogens is 208 g/mol. The van der Waals surface area contributed by atoms with E-state index in [4.69, 9.17) is 0 Å².